The first-order valence-electron chi connectivity index (χ1n) is 5.28. The van der Waals surface area contributed by atoms with Crippen LogP contribution >= 0.6 is 0 Å². The average molecular weight is 283 g/mol. The zero-order valence-electron chi connectivity index (χ0n) is 10.1. The minimum Gasteiger partial charge on any atom is -0.323 e. The number of nitrogens with two attached hydrogens (primary N) is 1. The Morgan fingerprint density at radius 2 is 2.26 bits per heavy atom. The Hall–Kier alpha value is -2.04. The molecule has 2 heterocycles. The van der Waals surface area contributed by atoms with Crippen molar-refractivity contribution in [3.63, 3.8) is 0 Å². The van der Waals surface area contributed by atoms with Gasteiger partial charge in [-0.25, -0.2) is 13.1 Å². The van der Waals surface area contributed by atoms with Gasteiger partial charge in [0.05, 0.1) is 12.2 Å². The van der Waals surface area contributed by atoms with Crippen LogP contribution in [0.3, 0.4) is 0 Å². The average Bonchev–Trinajstić information content (AvgIpc) is 2.82. The molecule has 0 unspecified atom stereocenters. The molecule has 0 aliphatic rings. The van der Waals surface area contributed by atoms with Crippen LogP contribution in [0.2, 0.25) is 0 Å². The minimum atomic E-state index is -3.73. The van der Waals surface area contributed by atoms with Gasteiger partial charge in [-0.15, -0.1) is 10.2 Å². The second-order valence-corrected chi connectivity index (χ2v) is 5.43. The third-order valence-electron chi connectivity index (χ3n) is 2.45. The van der Waals surface area contributed by atoms with Crippen LogP contribution < -0.4 is 16.0 Å². The summed E-state index contributed by atoms with van der Waals surface area (Å²) in [5.41, 5.74) is 2.58. The number of nitrogens with zero attached hydrogens (tertiary/aromatic N) is 4. The van der Waals surface area contributed by atoms with Crippen molar-refractivity contribution in [2.24, 2.45) is 12.9 Å². The molecule has 10 heteroatoms. The van der Waals surface area contributed by atoms with Gasteiger partial charge in [-0.3, -0.25) is 10.8 Å². The predicted molar refractivity (Wildman–Crippen MR) is 67.1 cm³/mol. The number of nitrogen functional groups attached to an aromatic ring is 1. The topological polar surface area (TPSA) is 128 Å². The second-order valence-electron chi connectivity index (χ2n) is 3.70. The van der Waals surface area contributed by atoms with Crippen LogP contribution in [0, 0.1) is 0 Å². The number of hydrogen-bond acceptors (Lipinski definition) is 7. The number of rotatable bonds is 5. The van der Waals surface area contributed by atoms with E-state index in [0.29, 0.717) is 5.82 Å². The number of sulfonamides is 1. The zero-order chi connectivity index (χ0) is 13.9. The molecule has 0 aliphatic carbocycles. The standard InChI is InChI=1S/C9H13N7O2S/c1-16-6-12-15-9(16)5-13-19(17,18)8-4-11-3-2-7(8)14-10/h2-4,6,13H,5,10H2,1H3,(H,11,14). The minimum absolute atomic E-state index is 0.0255. The maximum absolute atomic E-state index is 12.1. The summed E-state index contributed by atoms with van der Waals surface area (Å²) < 4.78 is 28.3. The molecule has 102 valence electrons. The summed E-state index contributed by atoms with van der Waals surface area (Å²) in [6.45, 7) is 0.0255. The van der Waals surface area contributed by atoms with Gasteiger partial charge in [0.15, 0.2) is 0 Å². The lowest BCUT2D eigenvalue weighted by Gasteiger charge is -2.09. The van der Waals surface area contributed by atoms with Gasteiger partial charge in [0.1, 0.15) is 17.0 Å². The highest BCUT2D eigenvalue weighted by molar-refractivity contribution is 7.89. The molecule has 0 radical (unpaired) electrons. The molecule has 0 saturated carbocycles. The van der Waals surface area contributed by atoms with Crippen LogP contribution in [0.15, 0.2) is 29.7 Å². The summed E-state index contributed by atoms with van der Waals surface area (Å²) >= 11 is 0. The molecule has 2 aromatic rings. The second kappa shape index (κ2) is 5.30. The molecular weight excluding hydrogens is 270 g/mol. The Morgan fingerprint density at radius 3 is 2.89 bits per heavy atom. The van der Waals surface area contributed by atoms with Gasteiger partial charge < -0.3 is 9.99 Å². The fourth-order valence-electron chi connectivity index (χ4n) is 1.42. The maximum atomic E-state index is 12.1. The molecule has 0 aliphatic heterocycles. The van der Waals surface area contributed by atoms with E-state index >= 15 is 0 Å². The summed E-state index contributed by atoms with van der Waals surface area (Å²) in [5.74, 6) is 5.76. The highest BCUT2D eigenvalue weighted by Gasteiger charge is 2.19. The number of aryl methyl sites for hydroxylation is 1. The number of hydrogen-bond donors (Lipinski definition) is 3. The first kappa shape index (κ1) is 13.4. The van der Waals surface area contributed by atoms with Crippen LogP contribution in [-0.4, -0.2) is 28.2 Å². The first-order valence-corrected chi connectivity index (χ1v) is 6.76. The van der Waals surface area contributed by atoms with E-state index in [1.807, 2.05) is 0 Å². The lowest BCUT2D eigenvalue weighted by Crippen LogP contribution is -2.26. The first-order chi connectivity index (χ1) is 9.04. The van der Waals surface area contributed by atoms with Crippen molar-refractivity contribution < 1.29 is 8.42 Å². The summed E-state index contributed by atoms with van der Waals surface area (Å²) in [5, 5.41) is 7.45. The molecule has 0 amide bonds. The van der Waals surface area contributed by atoms with Crippen molar-refractivity contribution in [1.82, 2.24) is 24.5 Å². The molecule has 0 spiro atoms. The van der Waals surface area contributed by atoms with E-state index in [9.17, 15) is 8.42 Å². The van der Waals surface area contributed by atoms with E-state index in [0.717, 1.165) is 0 Å². The van der Waals surface area contributed by atoms with E-state index < -0.39 is 10.0 Å². The molecule has 4 N–H and O–H groups in total. The Balaban J connectivity index is 2.21. The maximum Gasteiger partial charge on any atom is 0.244 e. The molecule has 0 atom stereocenters. The van der Waals surface area contributed by atoms with E-state index in [1.54, 1.807) is 11.6 Å². The summed E-state index contributed by atoms with van der Waals surface area (Å²) in [6, 6.07) is 1.47. The van der Waals surface area contributed by atoms with E-state index in [-0.39, 0.29) is 17.1 Å². The summed E-state index contributed by atoms with van der Waals surface area (Å²) in [7, 11) is -2.01. The summed E-state index contributed by atoms with van der Waals surface area (Å²) in [4.78, 5) is 3.75. The van der Waals surface area contributed by atoms with Crippen LogP contribution in [0.1, 0.15) is 5.82 Å². The normalized spacial score (nSPS) is 11.5. The number of nitrogens with one attached hydrogen (secondary N) is 2. The van der Waals surface area contributed by atoms with Crippen molar-refractivity contribution in [3.8, 4) is 0 Å². The Morgan fingerprint density at radius 1 is 1.47 bits per heavy atom. The van der Waals surface area contributed by atoms with Gasteiger partial charge in [-0.05, 0) is 6.07 Å². The molecule has 0 fully saturated rings. The fraction of sp³-hybridized carbons (Fsp3) is 0.222. The number of aromatic nitrogens is 4. The van der Waals surface area contributed by atoms with Crippen molar-refractivity contribution in [1.29, 1.82) is 0 Å². The Labute approximate surface area is 109 Å². The van der Waals surface area contributed by atoms with E-state index in [2.05, 4.69) is 25.3 Å². The third kappa shape index (κ3) is 2.86. The molecule has 0 bridgehead atoms. The van der Waals surface area contributed by atoms with Gasteiger partial charge in [-0.1, -0.05) is 0 Å². The predicted octanol–water partition coefficient (Wildman–Crippen LogP) is -1.03. The van der Waals surface area contributed by atoms with Crippen LogP contribution in [0.25, 0.3) is 0 Å². The van der Waals surface area contributed by atoms with Crippen molar-refractivity contribution in [2.45, 2.75) is 11.4 Å². The lowest BCUT2D eigenvalue weighted by atomic mass is 10.4. The largest absolute Gasteiger partial charge is 0.323 e. The molecule has 19 heavy (non-hydrogen) atoms. The number of pyridine rings is 1. The van der Waals surface area contributed by atoms with Crippen LogP contribution in [0.5, 0.6) is 0 Å². The SMILES string of the molecule is Cn1cnnc1CNS(=O)(=O)c1cnccc1NN. The lowest BCUT2D eigenvalue weighted by molar-refractivity contribution is 0.577. The van der Waals surface area contributed by atoms with Gasteiger partial charge in [0.2, 0.25) is 10.0 Å². The molecule has 0 saturated heterocycles. The van der Waals surface area contributed by atoms with Gasteiger partial charge in [-0.2, -0.15) is 0 Å². The van der Waals surface area contributed by atoms with Crippen molar-refractivity contribution in [2.75, 3.05) is 5.43 Å². The van der Waals surface area contributed by atoms with Gasteiger partial charge in [0, 0.05) is 19.4 Å². The highest BCUT2D eigenvalue weighted by atomic mass is 32.2. The van der Waals surface area contributed by atoms with Gasteiger partial charge in [0.25, 0.3) is 0 Å². The quantitative estimate of drug-likeness (QED) is 0.473. The Bertz CT molecular complexity index is 667. The monoisotopic (exact) mass is 283 g/mol. The summed E-state index contributed by atoms with van der Waals surface area (Å²) in [6.07, 6.45) is 4.14. The number of hydrazine groups is 1. The zero-order valence-corrected chi connectivity index (χ0v) is 10.9. The third-order valence-corrected chi connectivity index (χ3v) is 3.88. The highest BCUT2D eigenvalue weighted by Crippen LogP contribution is 2.18. The fourth-order valence-corrected chi connectivity index (χ4v) is 2.51. The Kier molecular flexibility index (Phi) is 3.74. The molecule has 2 rings (SSSR count). The number of anilines is 1. The van der Waals surface area contributed by atoms with Crippen molar-refractivity contribution >= 4 is 15.7 Å². The molecule has 0 aromatic carbocycles. The van der Waals surface area contributed by atoms with E-state index in [4.69, 9.17) is 5.84 Å². The molecule has 2 aromatic heterocycles. The molecule has 9 nitrogen and oxygen atoms in total. The van der Waals surface area contributed by atoms with Gasteiger partial charge >= 0.3 is 0 Å². The van der Waals surface area contributed by atoms with Crippen molar-refractivity contribution in [3.05, 3.63) is 30.6 Å². The molecular formula is C9H13N7O2S. The van der Waals surface area contributed by atoms with E-state index in [1.165, 1.54) is 24.8 Å². The van der Waals surface area contributed by atoms with Crippen LogP contribution in [-0.2, 0) is 23.6 Å². The van der Waals surface area contributed by atoms with Crippen LogP contribution in [0.4, 0.5) is 5.69 Å². The smallest absolute Gasteiger partial charge is 0.244 e.